The van der Waals surface area contributed by atoms with Crippen LogP contribution in [-0.2, 0) is 9.47 Å². The Morgan fingerprint density at radius 3 is 2.60 bits per heavy atom. The summed E-state index contributed by atoms with van der Waals surface area (Å²) < 4.78 is 10.4. The number of esters is 1. The molecule has 30 heavy (non-hydrogen) atoms. The van der Waals surface area contributed by atoms with E-state index in [0.29, 0.717) is 37.7 Å². The zero-order valence-corrected chi connectivity index (χ0v) is 16.8. The summed E-state index contributed by atoms with van der Waals surface area (Å²) in [5.74, 6) is -1.14. The third kappa shape index (κ3) is 4.74. The Labute approximate surface area is 173 Å². The lowest BCUT2D eigenvalue weighted by molar-refractivity contribution is -0.385. The lowest BCUT2D eigenvalue weighted by atomic mass is 10.1. The number of amides is 1. The van der Waals surface area contributed by atoms with Crippen LogP contribution in [0.4, 0.5) is 17.1 Å². The van der Waals surface area contributed by atoms with Crippen LogP contribution in [0.1, 0.15) is 33.2 Å². The molecule has 1 heterocycles. The largest absolute Gasteiger partial charge is 0.462 e. The summed E-state index contributed by atoms with van der Waals surface area (Å²) in [5.41, 5.74) is 1.75. The van der Waals surface area contributed by atoms with E-state index in [1.807, 2.05) is 4.90 Å². The number of aryl methyl sites for hydroxylation is 1. The zero-order chi connectivity index (χ0) is 21.7. The summed E-state index contributed by atoms with van der Waals surface area (Å²) in [6, 6.07) is 9.25. The van der Waals surface area contributed by atoms with Gasteiger partial charge in [0.1, 0.15) is 5.56 Å². The summed E-state index contributed by atoms with van der Waals surface area (Å²) in [5, 5.41) is 14.1. The van der Waals surface area contributed by atoms with Crippen molar-refractivity contribution in [3.63, 3.8) is 0 Å². The molecule has 3 rings (SSSR count). The second-order valence-corrected chi connectivity index (χ2v) is 6.78. The second-order valence-electron chi connectivity index (χ2n) is 6.78. The van der Waals surface area contributed by atoms with Gasteiger partial charge in [0.05, 0.1) is 41.7 Å². The molecule has 1 amide bonds. The molecule has 9 heteroatoms. The Bertz CT molecular complexity index is 969. The van der Waals surface area contributed by atoms with E-state index in [2.05, 4.69) is 5.32 Å². The molecule has 1 saturated heterocycles. The van der Waals surface area contributed by atoms with Gasteiger partial charge in [0, 0.05) is 19.2 Å². The van der Waals surface area contributed by atoms with Gasteiger partial charge in [-0.2, -0.15) is 0 Å². The van der Waals surface area contributed by atoms with Crippen LogP contribution in [0.3, 0.4) is 0 Å². The van der Waals surface area contributed by atoms with Gasteiger partial charge < -0.3 is 19.7 Å². The third-order valence-electron chi connectivity index (χ3n) is 4.70. The highest BCUT2D eigenvalue weighted by atomic mass is 16.6. The van der Waals surface area contributed by atoms with Crippen LogP contribution in [0, 0.1) is 17.0 Å². The first-order valence-corrected chi connectivity index (χ1v) is 9.61. The van der Waals surface area contributed by atoms with E-state index in [-0.39, 0.29) is 23.4 Å². The number of nitrogens with one attached hydrogen (secondary N) is 1. The highest BCUT2D eigenvalue weighted by Crippen LogP contribution is 2.30. The molecule has 158 valence electrons. The van der Waals surface area contributed by atoms with Crippen molar-refractivity contribution in [1.29, 1.82) is 0 Å². The average molecular weight is 413 g/mol. The summed E-state index contributed by atoms with van der Waals surface area (Å²) in [4.78, 5) is 37.9. The minimum atomic E-state index is -0.624. The van der Waals surface area contributed by atoms with Crippen molar-refractivity contribution in [1.82, 2.24) is 0 Å². The number of benzene rings is 2. The Morgan fingerprint density at radius 1 is 1.20 bits per heavy atom. The van der Waals surface area contributed by atoms with Crippen molar-refractivity contribution in [2.75, 3.05) is 43.1 Å². The van der Waals surface area contributed by atoms with Crippen LogP contribution < -0.4 is 10.2 Å². The summed E-state index contributed by atoms with van der Waals surface area (Å²) in [6.45, 7) is 5.99. The molecule has 9 nitrogen and oxygen atoms in total. The van der Waals surface area contributed by atoms with Crippen LogP contribution in [0.25, 0.3) is 0 Å². The number of nitro groups is 1. The number of nitro benzene ring substituents is 1. The van der Waals surface area contributed by atoms with E-state index in [1.54, 1.807) is 32.0 Å². The Balaban J connectivity index is 1.99. The maximum absolute atomic E-state index is 13.0. The first kappa shape index (κ1) is 21.3. The average Bonchev–Trinajstić information content (AvgIpc) is 2.74. The molecule has 0 atom stereocenters. The van der Waals surface area contributed by atoms with Gasteiger partial charge in [-0.25, -0.2) is 4.79 Å². The summed E-state index contributed by atoms with van der Waals surface area (Å²) in [7, 11) is 0. The SMILES string of the molecule is CCOC(=O)c1ccc(N2CCOCC2)c(NC(=O)c2cc(C)ccc2[N+](=O)[O-])c1. The van der Waals surface area contributed by atoms with E-state index in [9.17, 15) is 19.7 Å². The van der Waals surface area contributed by atoms with Crippen LogP contribution in [0.15, 0.2) is 36.4 Å². The number of anilines is 2. The normalized spacial score (nSPS) is 13.6. The quantitative estimate of drug-likeness (QED) is 0.440. The van der Waals surface area contributed by atoms with Gasteiger partial charge in [-0.05, 0) is 43.7 Å². The minimum Gasteiger partial charge on any atom is -0.462 e. The van der Waals surface area contributed by atoms with Gasteiger partial charge in [-0.15, -0.1) is 0 Å². The van der Waals surface area contributed by atoms with Gasteiger partial charge in [0.15, 0.2) is 0 Å². The Kier molecular flexibility index (Phi) is 6.63. The van der Waals surface area contributed by atoms with Gasteiger partial charge in [0.2, 0.25) is 0 Å². The summed E-state index contributed by atoms with van der Waals surface area (Å²) in [6.07, 6.45) is 0. The highest BCUT2D eigenvalue weighted by Gasteiger charge is 2.23. The minimum absolute atomic E-state index is 0.0468. The molecule has 0 saturated carbocycles. The number of rotatable bonds is 6. The fraction of sp³-hybridized carbons (Fsp3) is 0.333. The molecule has 0 aromatic heterocycles. The van der Waals surface area contributed by atoms with Crippen LogP contribution in [-0.4, -0.2) is 49.7 Å². The smallest absolute Gasteiger partial charge is 0.338 e. The Morgan fingerprint density at radius 2 is 1.93 bits per heavy atom. The number of hydrogen-bond acceptors (Lipinski definition) is 7. The molecule has 1 N–H and O–H groups in total. The highest BCUT2D eigenvalue weighted by molar-refractivity contribution is 6.09. The van der Waals surface area contributed by atoms with E-state index in [4.69, 9.17) is 9.47 Å². The monoisotopic (exact) mass is 413 g/mol. The standard InChI is InChI=1S/C21H23N3O6/c1-3-30-21(26)15-5-7-19(23-8-10-29-11-9-23)17(13-15)22-20(25)16-12-14(2)4-6-18(16)24(27)28/h4-7,12-13H,3,8-11H2,1-2H3,(H,22,25). The van der Waals surface area contributed by atoms with Gasteiger partial charge >= 0.3 is 5.97 Å². The number of ether oxygens (including phenoxy) is 2. The maximum Gasteiger partial charge on any atom is 0.338 e. The van der Waals surface area contributed by atoms with Crippen LogP contribution >= 0.6 is 0 Å². The van der Waals surface area contributed by atoms with E-state index in [0.717, 1.165) is 5.56 Å². The first-order chi connectivity index (χ1) is 14.4. The Hall–Kier alpha value is -3.46. The number of hydrogen-bond donors (Lipinski definition) is 1. The molecule has 0 bridgehead atoms. The fourth-order valence-electron chi connectivity index (χ4n) is 3.24. The van der Waals surface area contributed by atoms with Gasteiger partial charge in [-0.1, -0.05) is 6.07 Å². The van der Waals surface area contributed by atoms with Gasteiger partial charge in [0.25, 0.3) is 11.6 Å². The predicted octanol–water partition coefficient (Wildman–Crippen LogP) is 3.17. The molecule has 1 fully saturated rings. The zero-order valence-electron chi connectivity index (χ0n) is 16.8. The van der Waals surface area contributed by atoms with Crippen molar-refractivity contribution in [2.45, 2.75) is 13.8 Å². The van der Waals surface area contributed by atoms with Crippen LogP contribution in [0.2, 0.25) is 0 Å². The number of nitrogens with zero attached hydrogens (tertiary/aromatic N) is 2. The number of carbonyl (C=O) groups is 2. The van der Waals surface area contributed by atoms with Crippen molar-refractivity contribution >= 4 is 28.9 Å². The molecule has 0 spiro atoms. The van der Waals surface area contributed by atoms with Crippen molar-refractivity contribution < 1.29 is 24.0 Å². The van der Waals surface area contributed by atoms with Crippen LogP contribution in [0.5, 0.6) is 0 Å². The molecular weight excluding hydrogens is 390 g/mol. The molecule has 0 unspecified atom stereocenters. The molecule has 0 aliphatic carbocycles. The summed E-state index contributed by atoms with van der Waals surface area (Å²) >= 11 is 0. The van der Waals surface area contributed by atoms with Gasteiger partial charge in [-0.3, -0.25) is 14.9 Å². The topological polar surface area (TPSA) is 111 Å². The lowest BCUT2D eigenvalue weighted by Gasteiger charge is -2.30. The first-order valence-electron chi connectivity index (χ1n) is 9.61. The second kappa shape index (κ2) is 9.36. The number of carbonyl (C=O) groups excluding carboxylic acids is 2. The molecule has 1 aliphatic rings. The fourth-order valence-corrected chi connectivity index (χ4v) is 3.24. The van der Waals surface area contributed by atoms with Crippen molar-refractivity contribution in [3.8, 4) is 0 Å². The maximum atomic E-state index is 13.0. The van der Waals surface area contributed by atoms with E-state index >= 15 is 0 Å². The number of morpholine rings is 1. The van der Waals surface area contributed by atoms with E-state index in [1.165, 1.54) is 18.2 Å². The van der Waals surface area contributed by atoms with E-state index < -0.39 is 16.8 Å². The third-order valence-corrected chi connectivity index (χ3v) is 4.70. The molecular formula is C21H23N3O6. The molecule has 2 aromatic carbocycles. The predicted molar refractivity (Wildman–Crippen MR) is 111 cm³/mol. The molecule has 1 aliphatic heterocycles. The van der Waals surface area contributed by atoms with Crippen molar-refractivity contribution in [2.24, 2.45) is 0 Å². The molecule has 2 aromatic rings. The molecule has 0 radical (unpaired) electrons. The lowest BCUT2D eigenvalue weighted by Crippen LogP contribution is -2.36. The van der Waals surface area contributed by atoms with Crippen molar-refractivity contribution in [3.05, 3.63) is 63.2 Å².